The number of methoxy groups -OCH3 is 1. The molecular weight excluding hydrogens is 395 g/mol. The number of rotatable bonds is 8. The summed E-state index contributed by atoms with van der Waals surface area (Å²) in [6.07, 6.45) is 5.26. The van der Waals surface area contributed by atoms with Crippen LogP contribution in [0.1, 0.15) is 50.2 Å². The number of carbonyl (C=O) groups is 2. The van der Waals surface area contributed by atoms with Gasteiger partial charge in [0.2, 0.25) is 11.8 Å². The summed E-state index contributed by atoms with van der Waals surface area (Å²) in [7, 11) is 1.58. The number of benzene rings is 2. The average molecular weight is 427 g/mol. The van der Waals surface area contributed by atoms with Crippen LogP contribution in [-0.2, 0) is 22.6 Å². The van der Waals surface area contributed by atoms with Crippen LogP contribution >= 0.6 is 0 Å². The van der Waals surface area contributed by atoms with Gasteiger partial charge in [0.25, 0.3) is 0 Å². The van der Waals surface area contributed by atoms with E-state index >= 15 is 0 Å². The largest absolute Gasteiger partial charge is 0.497 e. The number of hydrogen-bond donors (Lipinski definition) is 1. The Bertz CT molecular complexity index is 896. The van der Waals surface area contributed by atoms with Gasteiger partial charge in [-0.3, -0.25) is 9.59 Å². The van der Waals surface area contributed by atoms with Gasteiger partial charge >= 0.3 is 0 Å². The van der Waals surface area contributed by atoms with Gasteiger partial charge in [-0.15, -0.1) is 0 Å². The maximum absolute atomic E-state index is 14.1. The number of amides is 2. The second-order valence-corrected chi connectivity index (χ2v) is 8.16. The lowest BCUT2D eigenvalue weighted by molar-refractivity contribution is -0.140. The molecule has 0 radical (unpaired) electrons. The number of ether oxygens (including phenoxy) is 1. The van der Waals surface area contributed by atoms with Crippen molar-refractivity contribution in [2.45, 2.75) is 64.1 Å². The lowest BCUT2D eigenvalue weighted by Gasteiger charge is -2.31. The molecule has 2 aromatic carbocycles. The molecule has 31 heavy (non-hydrogen) atoms. The number of hydrogen-bond acceptors (Lipinski definition) is 3. The van der Waals surface area contributed by atoms with Gasteiger partial charge in [-0.25, -0.2) is 4.39 Å². The fraction of sp³-hybridized carbons (Fsp3) is 0.440. The van der Waals surface area contributed by atoms with Gasteiger partial charge in [0.05, 0.1) is 13.5 Å². The smallest absolute Gasteiger partial charge is 0.242 e. The molecule has 0 bridgehead atoms. The van der Waals surface area contributed by atoms with Crippen LogP contribution in [-0.4, -0.2) is 35.9 Å². The summed E-state index contributed by atoms with van der Waals surface area (Å²) >= 11 is 0. The van der Waals surface area contributed by atoms with E-state index in [0.29, 0.717) is 11.3 Å². The van der Waals surface area contributed by atoms with Crippen molar-refractivity contribution in [3.63, 3.8) is 0 Å². The van der Waals surface area contributed by atoms with Crippen LogP contribution in [0.15, 0.2) is 48.5 Å². The zero-order valence-electron chi connectivity index (χ0n) is 18.3. The van der Waals surface area contributed by atoms with E-state index in [-0.39, 0.29) is 30.8 Å². The predicted octanol–water partition coefficient (Wildman–Crippen LogP) is 4.24. The van der Waals surface area contributed by atoms with E-state index in [4.69, 9.17) is 4.74 Å². The molecule has 6 heteroatoms. The highest BCUT2D eigenvalue weighted by molar-refractivity contribution is 5.88. The van der Waals surface area contributed by atoms with E-state index in [1.165, 1.54) is 17.4 Å². The Labute approximate surface area is 183 Å². The highest BCUT2D eigenvalue weighted by Crippen LogP contribution is 2.20. The fourth-order valence-corrected chi connectivity index (χ4v) is 4.03. The minimum atomic E-state index is -0.674. The van der Waals surface area contributed by atoms with E-state index in [0.717, 1.165) is 31.2 Å². The maximum Gasteiger partial charge on any atom is 0.242 e. The van der Waals surface area contributed by atoms with E-state index in [1.54, 1.807) is 32.2 Å². The highest BCUT2D eigenvalue weighted by Gasteiger charge is 2.28. The zero-order chi connectivity index (χ0) is 22.2. The zero-order valence-corrected chi connectivity index (χ0v) is 18.3. The summed E-state index contributed by atoms with van der Waals surface area (Å²) in [5.41, 5.74) is 1.17. The van der Waals surface area contributed by atoms with Gasteiger partial charge in [-0.1, -0.05) is 49.6 Å². The fourth-order valence-electron chi connectivity index (χ4n) is 4.03. The molecule has 3 rings (SSSR count). The van der Waals surface area contributed by atoms with E-state index in [9.17, 15) is 14.0 Å². The van der Waals surface area contributed by atoms with Gasteiger partial charge in [0.15, 0.2) is 0 Å². The normalized spacial score (nSPS) is 15.2. The Kier molecular flexibility index (Phi) is 8.04. The van der Waals surface area contributed by atoms with Crippen molar-refractivity contribution < 1.29 is 18.7 Å². The van der Waals surface area contributed by atoms with Crippen molar-refractivity contribution >= 4 is 11.8 Å². The summed E-state index contributed by atoms with van der Waals surface area (Å²) in [4.78, 5) is 27.7. The molecule has 166 valence electrons. The monoisotopic (exact) mass is 426 g/mol. The molecule has 2 amide bonds. The molecule has 5 nitrogen and oxygen atoms in total. The second-order valence-electron chi connectivity index (χ2n) is 8.16. The molecule has 1 aliphatic rings. The Hall–Kier alpha value is -2.89. The van der Waals surface area contributed by atoms with Gasteiger partial charge in [-0.2, -0.15) is 0 Å². The second kappa shape index (κ2) is 10.9. The van der Waals surface area contributed by atoms with E-state index in [2.05, 4.69) is 5.32 Å². The molecule has 0 aliphatic heterocycles. The van der Waals surface area contributed by atoms with Crippen LogP contribution in [0.4, 0.5) is 4.39 Å². The summed E-state index contributed by atoms with van der Waals surface area (Å²) < 4.78 is 19.4. The summed E-state index contributed by atoms with van der Waals surface area (Å²) in [6, 6.07) is 13.1. The van der Waals surface area contributed by atoms with E-state index < -0.39 is 11.9 Å². The Morgan fingerprint density at radius 2 is 1.87 bits per heavy atom. The predicted molar refractivity (Wildman–Crippen MR) is 118 cm³/mol. The summed E-state index contributed by atoms with van der Waals surface area (Å²) in [5, 5.41) is 3.11. The highest BCUT2D eigenvalue weighted by atomic mass is 19.1. The third-order valence-electron chi connectivity index (χ3n) is 5.91. The molecule has 1 N–H and O–H groups in total. The van der Waals surface area contributed by atoms with Crippen molar-refractivity contribution in [1.82, 2.24) is 10.2 Å². The number of nitrogens with one attached hydrogen (secondary N) is 1. The number of nitrogens with zero attached hydrogens (tertiary/aromatic N) is 1. The average Bonchev–Trinajstić information content (AvgIpc) is 2.79. The number of halogens is 1. The lowest BCUT2D eigenvalue weighted by Crippen LogP contribution is -2.50. The van der Waals surface area contributed by atoms with Crippen molar-refractivity contribution in [2.24, 2.45) is 0 Å². The van der Waals surface area contributed by atoms with Gasteiger partial charge in [0, 0.05) is 12.6 Å². The van der Waals surface area contributed by atoms with Gasteiger partial charge in [0.1, 0.15) is 17.6 Å². The van der Waals surface area contributed by atoms with Crippen LogP contribution < -0.4 is 10.1 Å². The standard InChI is InChI=1S/C25H31FN2O3/c1-18(25(30)27-21-11-4-3-5-12-21)28(17-19-9-8-13-22(15-19)31-2)24(29)16-20-10-6-7-14-23(20)26/h6-10,13-15,18,21H,3-5,11-12,16-17H2,1-2H3,(H,27,30)/t18-/m0/s1. The first kappa shape index (κ1) is 22.8. The van der Waals surface area contributed by atoms with Gasteiger partial charge in [-0.05, 0) is 49.1 Å². The van der Waals surface area contributed by atoms with Gasteiger partial charge < -0.3 is 15.0 Å². The molecule has 1 aliphatic carbocycles. The Balaban J connectivity index is 1.78. The maximum atomic E-state index is 14.1. The molecule has 0 unspecified atom stereocenters. The SMILES string of the molecule is COc1cccc(CN(C(=O)Cc2ccccc2F)[C@@H](C)C(=O)NC2CCCCC2)c1. The third-order valence-corrected chi connectivity index (χ3v) is 5.91. The summed E-state index contributed by atoms with van der Waals surface area (Å²) in [5.74, 6) is -0.203. The molecule has 1 fully saturated rings. The minimum Gasteiger partial charge on any atom is -0.497 e. The van der Waals surface area contributed by atoms with Crippen LogP contribution in [0.3, 0.4) is 0 Å². The molecule has 0 spiro atoms. The minimum absolute atomic E-state index is 0.0995. The molecular formula is C25H31FN2O3. The first-order valence-electron chi connectivity index (χ1n) is 10.9. The molecule has 1 atom stereocenters. The molecule has 0 aromatic heterocycles. The first-order valence-corrected chi connectivity index (χ1v) is 10.9. The molecule has 0 heterocycles. The Morgan fingerprint density at radius 1 is 1.13 bits per heavy atom. The van der Waals surface area contributed by atoms with Crippen molar-refractivity contribution in [3.05, 3.63) is 65.5 Å². The molecule has 1 saturated carbocycles. The van der Waals surface area contributed by atoms with Crippen LogP contribution in [0.5, 0.6) is 5.75 Å². The topological polar surface area (TPSA) is 58.6 Å². The molecule has 2 aromatic rings. The van der Waals surface area contributed by atoms with Crippen LogP contribution in [0.2, 0.25) is 0 Å². The van der Waals surface area contributed by atoms with E-state index in [1.807, 2.05) is 24.3 Å². The lowest BCUT2D eigenvalue weighted by atomic mass is 9.95. The first-order chi connectivity index (χ1) is 15.0. The Morgan fingerprint density at radius 3 is 2.58 bits per heavy atom. The third kappa shape index (κ3) is 6.29. The van der Waals surface area contributed by atoms with Crippen molar-refractivity contribution in [1.29, 1.82) is 0 Å². The van der Waals surface area contributed by atoms with Crippen molar-refractivity contribution in [3.8, 4) is 5.75 Å². The quantitative estimate of drug-likeness (QED) is 0.687. The summed E-state index contributed by atoms with van der Waals surface area (Å²) in [6.45, 7) is 1.97. The molecule has 0 saturated heterocycles. The van der Waals surface area contributed by atoms with Crippen molar-refractivity contribution in [2.75, 3.05) is 7.11 Å². The van der Waals surface area contributed by atoms with Crippen LogP contribution in [0.25, 0.3) is 0 Å². The van der Waals surface area contributed by atoms with Crippen LogP contribution in [0, 0.1) is 5.82 Å². The number of carbonyl (C=O) groups excluding carboxylic acids is 2.